The number of carbonyl (C=O) groups is 1. The predicted molar refractivity (Wildman–Crippen MR) is 90.3 cm³/mol. The third kappa shape index (κ3) is 3.22. The number of hydrogen-bond acceptors (Lipinski definition) is 6. The van der Waals surface area contributed by atoms with Gasteiger partial charge in [0.1, 0.15) is 0 Å². The summed E-state index contributed by atoms with van der Waals surface area (Å²) in [7, 11) is -1.41. The molecule has 1 aliphatic carbocycles. The number of rotatable bonds is 5. The van der Waals surface area contributed by atoms with Crippen molar-refractivity contribution in [2.24, 2.45) is 11.3 Å². The van der Waals surface area contributed by atoms with Crippen LogP contribution in [-0.4, -0.2) is 68.2 Å². The molecule has 0 aromatic heterocycles. The van der Waals surface area contributed by atoms with Crippen LogP contribution in [-0.2, 0) is 19.4 Å². The monoisotopic (exact) mass is 359 g/mol. The summed E-state index contributed by atoms with van der Waals surface area (Å²) in [4.78, 5) is 14.5. The van der Waals surface area contributed by atoms with Crippen LogP contribution in [0.4, 0.5) is 0 Å². The molecule has 1 saturated carbocycles. The molecule has 0 spiro atoms. The van der Waals surface area contributed by atoms with E-state index in [0.29, 0.717) is 24.3 Å². The molecule has 0 bridgehead atoms. The van der Waals surface area contributed by atoms with E-state index in [1.165, 1.54) is 7.11 Å². The third-order valence-electron chi connectivity index (χ3n) is 6.54. The maximum atomic E-state index is 12.2. The topological polar surface area (TPSA) is 83.9 Å². The second-order valence-corrected chi connectivity index (χ2v) is 10.1. The lowest BCUT2D eigenvalue weighted by Crippen LogP contribution is -2.61. The first-order valence-electron chi connectivity index (χ1n) is 9.04. The SMILES string of the molecule is COC(=O)C1(C2(O)CCN(CCC3CCS(=O)(=O)C3)CC2)CCC1. The van der Waals surface area contributed by atoms with Crippen LogP contribution in [0.15, 0.2) is 0 Å². The Balaban J connectivity index is 1.51. The number of methoxy groups -OCH3 is 1. The molecule has 1 N–H and O–H groups in total. The number of nitrogens with zero attached hydrogens (tertiary/aromatic N) is 1. The van der Waals surface area contributed by atoms with E-state index in [2.05, 4.69) is 4.90 Å². The summed E-state index contributed by atoms with van der Waals surface area (Å²) in [6.07, 6.45) is 5.27. The minimum Gasteiger partial charge on any atom is -0.469 e. The van der Waals surface area contributed by atoms with Crippen LogP contribution in [0, 0.1) is 11.3 Å². The lowest BCUT2D eigenvalue weighted by atomic mass is 9.56. The molecule has 2 saturated heterocycles. The zero-order valence-corrected chi connectivity index (χ0v) is 15.3. The Kier molecular flexibility index (Phi) is 4.97. The van der Waals surface area contributed by atoms with Gasteiger partial charge in [0.15, 0.2) is 9.84 Å². The second kappa shape index (κ2) is 6.57. The van der Waals surface area contributed by atoms with Crippen molar-refractivity contribution in [3.63, 3.8) is 0 Å². The number of piperidine rings is 1. The Morgan fingerprint density at radius 3 is 2.38 bits per heavy atom. The fraction of sp³-hybridized carbons (Fsp3) is 0.941. The van der Waals surface area contributed by atoms with Gasteiger partial charge < -0.3 is 14.7 Å². The summed E-state index contributed by atoms with van der Waals surface area (Å²) in [6, 6.07) is 0. The van der Waals surface area contributed by atoms with Crippen molar-refractivity contribution in [3.05, 3.63) is 0 Å². The number of sulfone groups is 1. The van der Waals surface area contributed by atoms with Crippen LogP contribution in [0.5, 0.6) is 0 Å². The smallest absolute Gasteiger partial charge is 0.314 e. The normalized spacial score (nSPS) is 31.3. The molecule has 0 aromatic rings. The van der Waals surface area contributed by atoms with Crippen molar-refractivity contribution in [1.29, 1.82) is 0 Å². The van der Waals surface area contributed by atoms with E-state index in [4.69, 9.17) is 4.74 Å². The predicted octanol–water partition coefficient (Wildman–Crippen LogP) is 0.981. The Labute approximate surface area is 144 Å². The molecule has 3 fully saturated rings. The number of ether oxygens (including phenoxy) is 1. The summed E-state index contributed by atoms with van der Waals surface area (Å²) >= 11 is 0. The molecule has 1 unspecified atom stereocenters. The average molecular weight is 359 g/mol. The average Bonchev–Trinajstić information content (AvgIpc) is 2.84. The number of aliphatic hydroxyl groups is 1. The largest absolute Gasteiger partial charge is 0.469 e. The van der Waals surface area contributed by atoms with Crippen LogP contribution in [0.2, 0.25) is 0 Å². The van der Waals surface area contributed by atoms with Crippen LogP contribution >= 0.6 is 0 Å². The first kappa shape index (κ1) is 18.1. The minimum absolute atomic E-state index is 0.263. The third-order valence-corrected chi connectivity index (χ3v) is 8.37. The maximum absolute atomic E-state index is 12.2. The summed E-state index contributed by atoms with van der Waals surface area (Å²) in [5, 5.41) is 11.1. The maximum Gasteiger partial charge on any atom is 0.314 e. The van der Waals surface area contributed by atoms with Crippen molar-refractivity contribution < 1.29 is 23.1 Å². The fourth-order valence-corrected chi connectivity index (χ4v) is 6.59. The first-order valence-corrected chi connectivity index (χ1v) is 10.9. The van der Waals surface area contributed by atoms with E-state index in [-0.39, 0.29) is 11.9 Å². The highest BCUT2D eigenvalue weighted by Crippen LogP contribution is 2.54. The van der Waals surface area contributed by atoms with Crippen molar-refractivity contribution in [2.45, 2.75) is 50.5 Å². The number of carbonyl (C=O) groups excluding carboxylic acids is 1. The molecule has 138 valence electrons. The van der Waals surface area contributed by atoms with Gasteiger partial charge in [0.2, 0.25) is 0 Å². The van der Waals surface area contributed by atoms with Crippen LogP contribution in [0.1, 0.15) is 44.9 Å². The molecule has 6 nitrogen and oxygen atoms in total. The van der Waals surface area contributed by atoms with Gasteiger partial charge in [-0.1, -0.05) is 6.42 Å². The Hall–Kier alpha value is -0.660. The van der Waals surface area contributed by atoms with Crippen molar-refractivity contribution in [2.75, 3.05) is 38.2 Å². The quantitative estimate of drug-likeness (QED) is 0.737. The molecule has 1 atom stereocenters. The Morgan fingerprint density at radius 1 is 1.25 bits per heavy atom. The van der Waals surface area contributed by atoms with E-state index in [1.54, 1.807) is 0 Å². The molecule has 0 amide bonds. The van der Waals surface area contributed by atoms with Crippen LogP contribution < -0.4 is 0 Å². The highest BCUT2D eigenvalue weighted by atomic mass is 32.2. The van der Waals surface area contributed by atoms with Gasteiger partial charge in [0, 0.05) is 13.1 Å². The van der Waals surface area contributed by atoms with Crippen molar-refractivity contribution in [3.8, 4) is 0 Å². The molecular weight excluding hydrogens is 330 g/mol. The summed E-state index contributed by atoms with van der Waals surface area (Å²) in [5.41, 5.74) is -1.65. The van der Waals surface area contributed by atoms with Gasteiger partial charge in [0.25, 0.3) is 0 Å². The molecule has 3 aliphatic rings. The van der Waals surface area contributed by atoms with E-state index in [9.17, 15) is 18.3 Å². The molecule has 2 heterocycles. The van der Waals surface area contributed by atoms with E-state index < -0.39 is 20.9 Å². The van der Waals surface area contributed by atoms with Gasteiger partial charge in [-0.25, -0.2) is 8.42 Å². The van der Waals surface area contributed by atoms with Gasteiger partial charge in [-0.2, -0.15) is 0 Å². The van der Waals surface area contributed by atoms with Gasteiger partial charge in [-0.05, 0) is 51.0 Å². The van der Waals surface area contributed by atoms with Crippen molar-refractivity contribution >= 4 is 15.8 Å². The first-order chi connectivity index (χ1) is 11.3. The highest BCUT2D eigenvalue weighted by Gasteiger charge is 2.60. The van der Waals surface area contributed by atoms with E-state index in [0.717, 1.165) is 51.7 Å². The zero-order valence-electron chi connectivity index (χ0n) is 14.5. The highest BCUT2D eigenvalue weighted by molar-refractivity contribution is 7.91. The van der Waals surface area contributed by atoms with Gasteiger partial charge in [-0.15, -0.1) is 0 Å². The number of hydrogen-bond donors (Lipinski definition) is 1. The standard InChI is InChI=1S/C17H29NO5S/c1-23-15(19)16(5-2-6-16)17(20)7-10-18(11-8-17)9-3-14-4-12-24(21,22)13-14/h14,20H,2-13H2,1H3. The Morgan fingerprint density at radius 2 is 1.92 bits per heavy atom. The molecule has 24 heavy (non-hydrogen) atoms. The van der Waals surface area contributed by atoms with E-state index in [1.807, 2.05) is 0 Å². The molecule has 2 aliphatic heterocycles. The van der Waals surface area contributed by atoms with Gasteiger partial charge in [0.05, 0.1) is 29.6 Å². The molecule has 7 heteroatoms. The van der Waals surface area contributed by atoms with Crippen LogP contribution in [0.25, 0.3) is 0 Å². The van der Waals surface area contributed by atoms with Crippen molar-refractivity contribution in [1.82, 2.24) is 4.90 Å². The lowest BCUT2D eigenvalue weighted by Gasteiger charge is -2.53. The molecule has 3 rings (SSSR count). The zero-order chi connectivity index (χ0) is 17.4. The fourth-order valence-electron chi connectivity index (χ4n) is 4.68. The molecular formula is C17H29NO5S. The van der Waals surface area contributed by atoms with E-state index >= 15 is 0 Å². The summed E-state index contributed by atoms with van der Waals surface area (Å²) in [5.74, 6) is 0.680. The molecule has 0 aromatic carbocycles. The lowest BCUT2D eigenvalue weighted by molar-refractivity contribution is -0.196. The summed E-state index contributed by atoms with van der Waals surface area (Å²) < 4.78 is 28.0. The minimum atomic E-state index is -2.80. The number of esters is 1. The second-order valence-electron chi connectivity index (χ2n) is 7.86. The Bertz CT molecular complexity index is 576. The summed E-state index contributed by atoms with van der Waals surface area (Å²) in [6.45, 7) is 2.39. The van der Waals surface area contributed by atoms with Crippen LogP contribution in [0.3, 0.4) is 0 Å². The van der Waals surface area contributed by atoms with Gasteiger partial charge >= 0.3 is 5.97 Å². The number of likely N-dealkylation sites (tertiary alicyclic amines) is 1. The molecule has 0 radical (unpaired) electrons. The van der Waals surface area contributed by atoms with Gasteiger partial charge in [-0.3, -0.25) is 4.79 Å².